The number of halogens is 1. The van der Waals surface area contributed by atoms with E-state index >= 15 is 0 Å². The molecule has 10 heteroatoms. The lowest BCUT2D eigenvalue weighted by molar-refractivity contribution is -0.134. The van der Waals surface area contributed by atoms with Crippen LogP contribution in [0.4, 0.5) is 5.69 Å². The van der Waals surface area contributed by atoms with Crippen LogP contribution in [0.1, 0.15) is 28.9 Å². The second-order valence-corrected chi connectivity index (χ2v) is 9.08. The van der Waals surface area contributed by atoms with Crippen LogP contribution in [0.3, 0.4) is 0 Å². The number of fused-ring (bicyclic) bond motifs is 2. The summed E-state index contributed by atoms with van der Waals surface area (Å²) in [7, 11) is 0. The van der Waals surface area contributed by atoms with E-state index in [9.17, 15) is 19.5 Å². The molecule has 176 valence electrons. The molecule has 3 N–H and O–H groups in total. The van der Waals surface area contributed by atoms with Gasteiger partial charge in [-0.25, -0.2) is 4.98 Å². The number of rotatable bonds is 4. The summed E-state index contributed by atoms with van der Waals surface area (Å²) in [4.78, 5) is 49.4. The number of aromatic amines is 1. The number of amides is 3. The van der Waals surface area contributed by atoms with Gasteiger partial charge in [0.05, 0.1) is 17.8 Å². The van der Waals surface area contributed by atoms with Crippen LogP contribution in [0.15, 0.2) is 42.6 Å². The number of H-pyrrole nitrogens is 1. The zero-order valence-corrected chi connectivity index (χ0v) is 19.1. The van der Waals surface area contributed by atoms with E-state index in [1.807, 2.05) is 18.2 Å². The number of nitrogens with zero attached hydrogens (tertiary/aromatic N) is 3. The molecule has 3 aromatic rings. The van der Waals surface area contributed by atoms with Crippen molar-refractivity contribution in [1.82, 2.24) is 20.2 Å². The van der Waals surface area contributed by atoms with E-state index in [1.165, 1.54) is 4.90 Å². The third-order valence-electron chi connectivity index (χ3n) is 6.33. The highest BCUT2D eigenvalue weighted by molar-refractivity contribution is 6.30. The Kier molecular flexibility index (Phi) is 5.97. The largest absolute Gasteiger partial charge is 0.391 e. The molecule has 3 amide bonds. The predicted octanol–water partition coefficient (Wildman–Crippen LogP) is 1.89. The minimum atomic E-state index is -0.824. The third kappa shape index (κ3) is 4.36. The first-order valence-electron chi connectivity index (χ1n) is 11.2. The highest BCUT2D eigenvalue weighted by Gasteiger charge is 2.36. The zero-order chi connectivity index (χ0) is 23.8. The van der Waals surface area contributed by atoms with Crippen molar-refractivity contribution in [2.45, 2.75) is 31.4 Å². The number of aliphatic hydroxyl groups is 1. The van der Waals surface area contributed by atoms with Crippen molar-refractivity contribution < 1.29 is 19.5 Å². The molecule has 2 atom stereocenters. The van der Waals surface area contributed by atoms with Crippen LogP contribution in [0.2, 0.25) is 5.15 Å². The van der Waals surface area contributed by atoms with Crippen LogP contribution < -0.4 is 10.2 Å². The van der Waals surface area contributed by atoms with Crippen LogP contribution in [-0.2, 0) is 16.0 Å². The number of hydrogen-bond acceptors (Lipinski definition) is 5. The summed E-state index contributed by atoms with van der Waals surface area (Å²) in [5.41, 5.74) is 2.48. The maximum atomic E-state index is 13.4. The number of para-hydroxylation sites is 1. The SMILES string of the molecule is O=C(NC1Cc2ccccc2N(CC(=O)N2CCCC(O)C2)C1=O)c1cc2cc(Cl)ncc2[nH]1. The molecule has 2 aliphatic rings. The van der Waals surface area contributed by atoms with Crippen molar-refractivity contribution in [2.24, 2.45) is 0 Å². The normalized spacial score (nSPS) is 20.4. The molecule has 0 radical (unpaired) electrons. The summed E-state index contributed by atoms with van der Waals surface area (Å²) in [5, 5.41) is 13.8. The minimum absolute atomic E-state index is 0.147. The Morgan fingerprint density at radius 3 is 2.91 bits per heavy atom. The smallest absolute Gasteiger partial charge is 0.268 e. The molecule has 0 aliphatic carbocycles. The Hall–Kier alpha value is -3.43. The maximum Gasteiger partial charge on any atom is 0.268 e. The number of nitrogens with one attached hydrogen (secondary N) is 2. The van der Waals surface area contributed by atoms with Crippen molar-refractivity contribution in [3.05, 3.63) is 59.0 Å². The summed E-state index contributed by atoms with van der Waals surface area (Å²) >= 11 is 5.93. The van der Waals surface area contributed by atoms with Gasteiger partial charge < -0.3 is 25.2 Å². The summed E-state index contributed by atoms with van der Waals surface area (Å²) in [5.74, 6) is -1.01. The van der Waals surface area contributed by atoms with Crippen LogP contribution >= 0.6 is 11.6 Å². The molecule has 4 heterocycles. The Balaban J connectivity index is 1.36. The molecular weight excluding hydrogens is 458 g/mol. The lowest BCUT2D eigenvalue weighted by Crippen LogP contribution is -2.56. The van der Waals surface area contributed by atoms with Gasteiger partial charge in [0, 0.05) is 30.6 Å². The van der Waals surface area contributed by atoms with Gasteiger partial charge in [-0.1, -0.05) is 29.8 Å². The van der Waals surface area contributed by atoms with Gasteiger partial charge in [-0.05, 0) is 36.6 Å². The van der Waals surface area contributed by atoms with E-state index in [4.69, 9.17) is 11.6 Å². The van der Waals surface area contributed by atoms with Gasteiger partial charge in [0.1, 0.15) is 23.4 Å². The molecule has 1 saturated heterocycles. The topological polar surface area (TPSA) is 119 Å². The van der Waals surface area contributed by atoms with Crippen molar-refractivity contribution in [1.29, 1.82) is 0 Å². The van der Waals surface area contributed by atoms with Crippen molar-refractivity contribution in [2.75, 3.05) is 24.5 Å². The molecule has 0 bridgehead atoms. The molecule has 9 nitrogen and oxygen atoms in total. The Morgan fingerprint density at radius 2 is 2.09 bits per heavy atom. The quantitative estimate of drug-likeness (QED) is 0.492. The van der Waals surface area contributed by atoms with Gasteiger partial charge >= 0.3 is 0 Å². The monoisotopic (exact) mass is 481 g/mol. The summed E-state index contributed by atoms with van der Waals surface area (Å²) in [6, 6.07) is 9.85. The number of β-amino-alcohol motifs (C(OH)–C–C–N with tert-alkyl or cyclic N) is 1. The van der Waals surface area contributed by atoms with Gasteiger partial charge in [0.2, 0.25) is 11.8 Å². The standard InChI is InChI=1S/C24H24ClN5O4/c25-21-10-15-9-17(27-19(15)11-26-21)23(33)28-18-8-14-4-1-2-6-20(14)30(24(18)34)13-22(32)29-7-3-5-16(31)12-29/h1-2,4,6,9-11,16,18,27,31H,3,5,7-8,12-13H2,(H,28,33). The fourth-order valence-corrected chi connectivity index (χ4v) is 4.78. The molecular formula is C24H24ClN5O4. The highest BCUT2D eigenvalue weighted by Crippen LogP contribution is 2.28. The van der Waals surface area contributed by atoms with E-state index in [0.717, 1.165) is 17.4 Å². The molecule has 0 spiro atoms. The van der Waals surface area contributed by atoms with Gasteiger partial charge in [-0.3, -0.25) is 14.4 Å². The average molecular weight is 482 g/mol. The first-order chi connectivity index (χ1) is 16.4. The number of benzene rings is 1. The number of carbonyl (C=O) groups excluding carboxylic acids is 3. The zero-order valence-electron chi connectivity index (χ0n) is 18.3. The molecule has 2 aliphatic heterocycles. The lowest BCUT2D eigenvalue weighted by atomic mass is 9.96. The second kappa shape index (κ2) is 9.08. The molecule has 0 saturated carbocycles. The van der Waals surface area contributed by atoms with E-state index in [2.05, 4.69) is 15.3 Å². The Morgan fingerprint density at radius 1 is 1.26 bits per heavy atom. The van der Waals surface area contributed by atoms with Gasteiger partial charge in [-0.15, -0.1) is 0 Å². The first-order valence-corrected chi connectivity index (χ1v) is 11.6. The number of hydrogen-bond donors (Lipinski definition) is 3. The summed E-state index contributed by atoms with van der Waals surface area (Å²) < 4.78 is 0. The Labute approximate surface area is 200 Å². The highest BCUT2D eigenvalue weighted by atomic mass is 35.5. The van der Waals surface area contributed by atoms with Gasteiger partial charge in [0.25, 0.3) is 5.91 Å². The van der Waals surface area contributed by atoms with Gasteiger partial charge in [0.15, 0.2) is 0 Å². The van der Waals surface area contributed by atoms with Crippen molar-refractivity contribution >= 4 is 45.9 Å². The molecule has 34 heavy (non-hydrogen) atoms. The van der Waals surface area contributed by atoms with Crippen LogP contribution in [-0.4, -0.2) is 69.5 Å². The predicted molar refractivity (Wildman–Crippen MR) is 127 cm³/mol. The van der Waals surface area contributed by atoms with E-state index < -0.39 is 18.1 Å². The van der Waals surface area contributed by atoms with E-state index in [1.54, 1.807) is 29.3 Å². The first kappa shape index (κ1) is 22.4. The van der Waals surface area contributed by atoms with E-state index in [0.29, 0.717) is 35.7 Å². The molecule has 2 unspecified atom stereocenters. The van der Waals surface area contributed by atoms with Gasteiger partial charge in [-0.2, -0.15) is 0 Å². The number of aromatic nitrogens is 2. The lowest BCUT2D eigenvalue weighted by Gasteiger charge is -2.36. The summed E-state index contributed by atoms with van der Waals surface area (Å²) in [6.07, 6.45) is 2.71. The van der Waals surface area contributed by atoms with Crippen molar-refractivity contribution in [3.8, 4) is 0 Å². The van der Waals surface area contributed by atoms with Crippen molar-refractivity contribution in [3.63, 3.8) is 0 Å². The molecule has 2 aromatic heterocycles. The Bertz CT molecular complexity index is 1280. The van der Waals surface area contributed by atoms with Crippen LogP contribution in [0.5, 0.6) is 0 Å². The molecule has 5 rings (SSSR count). The molecule has 1 fully saturated rings. The van der Waals surface area contributed by atoms with Crippen LogP contribution in [0, 0.1) is 0 Å². The number of likely N-dealkylation sites (tertiary alicyclic amines) is 1. The number of aliphatic hydroxyl groups excluding tert-OH is 1. The number of piperidine rings is 1. The van der Waals surface area contributed by atoms with Crippen LogP contribution in [0.25, 0.3) is 10.9 Å². The average Bonchev–Trinajstić information content (AvgIpc) is 3.25. The number of carbonyl (C=O) groups is 3. The summed E-state index contributed by atoms with van der Waals surface area (Å²) in [6.45, 7) is 0.673. The number of pyridine rings is 1. The minimum Gasteiger partial charge on any atom is -0.391 e. The number of anilines is 1. The van der Waals surface area contributed by atoms with E-state index in [-0.39, 0.29) is 30.6 Å². The fourth-order valence-electron chi connectivity index (χ4n) is 4.62. The molecule has 1 aromatic carbocycles. The maximum absolute atomic E-state index is 13.4. The fraction of sp³-hybridized carbons (Fsp3) is 0.333. The third-order valence-corrected chi connectivity index (χ3v) is 6.54. The second-order valence-electron chi connectivity index (χ2n) is 8.70.